The van der Waals surface area contributed by atoms with Crippen molar-refractivity contribution in [2.45, 2.75) is 19.9 Å². The van der Waals surface area contributed by atoms with Crippen molar-refractivity contribution in [3.8, 4) is 0 Å². The minimum Gasteiger partial charge on any atom is -0.395 e. The Morgan fingerprint density at radius 1 is 1.32 bits per heavy atom. The summed E-state index contributed by atoms with van der Waals surface area (Å²) in [6.07, 6.45) is 0. The second-order valence-corrected chi connectivity index (χ2v) is 4.21. The summed E-state index contributed by atoms with van der Waals surface area (Å²) in [7, 11) is 0. The van der Waals surface area contributed by atoms with E-state index in [9.17, 15) is 9.59 Å². The summed E-state index contributed by atoms with van der Waals surface area (Å²) in [6.45, 7) is 4.00. The van der Waals surface area contributed by atoms with Crippen LogP contribution < -0.4 is 5.32 Å². The molecule has 0 spiro atoms. The molecule has 0 aliphatic rings. The molecule has 0 radical (unpaired) electrons. The van der Waals surface area contributed by atoms with Gasteiger partial charge in [0.1, 0.15) is 0 Å². The first-order valence-electron chi connectivity index (χ1n) is 6.35. The number of nitrogens with zero attached hydrogens (tertiary/aromatic N) is 1. The van der Waals surface area contributed by atoms with Crippen LogP contribution in [0.15, 0.2) is 30.3 Å². The van der Waals surface area contributed by atoms with Crippen molar-refractivity contribution >= 4 is 11.8 Å². The number of aliphatic hydroxyl groups is 1. The molecule has 1 aromatic carbocycles. The predicted molar refractivity (Wildman–Crippen MR) is 72.3 cm³/mol. The van der Waals surface area contributed by atoms with Crippen LogP contribution in [0, 0.1) is 0 Å². The van der Waals surface area contributed by atoms with Crippen LogP contribution in [0.3, 0.4) is 0 Å². The summed E-state index contributed by atoms with van der Waals surface area (Å²) in [5.41, 5.74) is 0.939. The van der Waals surface area contributed by atoms with E-state index in [1.54, 1.807) is 6.92 Å². The lowest BCUT2D eigenvalue weighted by molar-refractivity contribution is -0.146. The van der Waals surface area contributed by atoms with Crippen molar-refractivity contribution in [2.24, 2.45) is 0 Å². The number of nitrogens with one attached hydrogen (secondary N) is 1. The number of benzene rings is 1. The first kappa shape index (κ1) is 15.2. The molecule has 0 bridgehead atoms. The van der Waals surface area contributed by atoms with Crippen molar-refractivity contribution in [3.63, 3.8) is 0 Å². The van der Waals surface area contributed by atoms with Crippen LogP contribution in [0.25, 0.3) is 0 Å². The highest BCUT2D eigenvalue weighted by Gasteiger charge is 2.21. The average molecular weight is 264 g/mol. The first-order chi connectivity index (χ1) is 9.10. The molecule has 5 heteroatoms. The van der Waals surface area contributed by atoms with Crippen molar-refractivity contribution < 1.29 is 14.7 Å². The third-order valence-corrected chi connectivity index (χ3v) is 2.88. The van der Waals surface area contributed by atoms with E-state index in [2.05, 4.69) is 5.32 Å². The van der Waals surface area contributed by atoms with Crippen LogP contribution in [0.2, 0.25) is 0 Å². The van der Waals surface area contributed by atoms with Gasteiger partial charge in [-0.15, -0.1) is 0 Å². The van der Waals surface area contributed by atoms with Gasteiger partial charge in [0.25, 0.3) is 0 Å². The molecule has 0 heterocycles. The number of carbonyl (C=O) groups is 2. The molecule has 0 saturated carbocycles. The molecule has 1 unspecified atom stereocenters. The van der Waals surface area contributed by atoms with E-state index in [-0.39, 0.29) is 19.2 Å². The lowest BCUT2D eigenvalue weighted by Crippen LogP contribution is -2.44. The largest absolute Gasteiger partial charge is 0.395 e. The van der Waals surface area contributed by atoms with E-state index in [0.717, 1.165) is 5.56 Å². The summed E-state index contributed by atoms with van der Waals surface area (Å²) in [4.78, 5) is 25.0. The van der Waals surface area contributed by atoms with Crippen molar-refractivity contribution in [1.82, 2.24) is 10.2 Å². The SMILES string of the molecule is CCN(CCO)C(=O)C(=O)NC(C)c1ccccc1. The Hall–Kier alpha value is -1.88. The van der Waals surface area contributed by atoms with E-state index in [0.29, 0.717) is 6.54 Å². The minimum atomic E-state index is -0.647. The number of carbonyl (C=O) groups excluding carboxylic acids is 2. The van der Waals surface area contributed by atoms with Gasteiger partial charge in [-0.25, -0.2) is 0 Å². The Morgan fingerprint density at radius 3 is 2.47 bits per heavy atom. The number of amides is 2. The van der Waals surface area contributed by atoms with Crippen molar-refractivity contribution in [3.05, 3.63) is 35.9 Å². The molecule has 5 nitrogen and oxygen atoms in total. The van der Waals surface area contributed by atoms with Gasteiger partial charge in [-0.3, -0.25) is 9.59 Å². The zero-order valence-electron chi connectivity index (χ0n) is 11.3. The van der Waals surface area contributed by atoms with E-state index in [1.807, 2.05) is 37.3 Å². The Labute approximate surface area is 113 Å². The normalized spacial score (nSPS) is 11.7. The Kier molecular flexibility index (Phi) is 6.02. The molecule has 1 rings (SSSR count). The summed E-state index contributed by atoms with van der Waals surface area (Å²) < 4.78 is 0. The minimum absolute atomic E-state index is 0.152. The summed E-state index contributed by atoms with van der Waals surface area (Å²) in [5, 5.41) is 11.5. The molecule has 0 aliphatic heterocycles. The smallest absolute Gasteiger partial charge is 0.311 e. The van der Waals surface area contributed by atoms with Gasteiger partial charge in [-0.05, 0) is 19.4 Å². The highest BCUT2D eigenvalue weighted by atomic mass is 16.3. The van der Waals surface area contributed by atoms with E-state index in [4.69, 9.17) is 5.11 Å². The molecule has 2 amide bonds. The molecule has 2 N–H and O–H groups in total. The highest BCUT2D eigenvalue weighted by Crippen LogP contribution is 2.10. The predicted octanol–water partition coefficient (Wildman–Crippen LogP) is 0.705. The maximum atomic E-state index is 11.8. The van der Waals surface area contributed by atoms with Gasteiger partial charge >= 0.3 is 11.8 Å². The van der Waals surface area contributed by atoms with E-state index < -0.39 is 11.8 Å². The van der Waals surface area contributed by atoms with Gasteiger partial charge in [0.05, 0.1) is 12.6 Å². The zero-order valence-corrected chi connectivity index (χ0v) is 11.3. The molecular formula is C14H20N2O3. The molecular weight excluding hydrogens is 244 g/mol. The third kappa shape index (κ3) is 4.37. The Morgan fingerprint density at radius 2 is 1.95 bits per heavy atom. The average Bonchev–Trinajstić information content (AvgIpc) is 2.44. The lowest BCUT2D eigenvalue weighted by atomic mass is 10.1. The summed E-state index contributed by atoms with van der Waals surface area (Å²) in [6, 6.07) is 9.20. The fraction of sp³-hybridized carbons (Fsp3) is 0.429. The van der Waals surface area contributed by atoms with Gasteiger partial charge in [0, 0.05) is 13.1 Å². The van der Waals surface area contributed by atoms with Crippen LogP contribution in [-0.2, 0) is 9.59 Å². The fourth-order valence-corrected chi connectivity index (χ4v) is 1.75. The van der Waals surface area contributed by atoms with Crippen LogP contribution >= 0.6 is 0 Å². The maximum absolute atomic E-state index is 11.8. The number of hydrogen-bond acceptors (Lipinski definition) is 3. The van der Waals surface area contributed by atoms with Crippen LogP contribution in [-0.4, -0.2) is 41.5 Å². The Bertz CT molecular complexity index is 420. The second-order valence-electron chi connectivity index (χ2n) is 4.21. The summed E-state index contributed by atoms with van der Waals surface area (Å²) >= 11 is 0. The maximum Gasteiger partial charge on any atom is 0.311 e. The quantitative estimate of drug-likeness (QED) is 0.769. The first-order valence-corrected chi connectivity index (χ1v) is 6.35. The lowest BCUT2D eigenvalue weighted by Gasteiger charge is -2.20. The number of likely N-dealkylation sites (N-methyl/N-ethyl adjacent to an activating group) is 1. The number of rotatable bonds is 5. The van der Waals surface area contributed by atoms with Crippen molar-refractivity contribution in [1.29, 1.82) is 0 Å². The van der Waals surface area contributed by atoms with Crippen LogP contribution in [0.5, 0.6) is 0 Å². The molecule has 1 aromatic rings. The molecule has 0 fully saturated rings. The van der Waals surface area contributed by atoms with Gasteiger partial charge in [0.2, 0.25) is 0 Å². The molecule has 104 valence electrons. The van der Waals surface area contributed by atoms with Gasteiger partial charge in [0.15, 0.2) is 0 Å². The van der Waals surface area contributed by atoms with E-state index >= 15 is 0 Å². The third-order valence-electron chi connectivity index (χ3n) is 2.88. The van der Waals surface area contributed by atoms with Crippen LogP contribution in [0.4, 0.5) is 0 Å². The topological polar surface area (TPSA) is 69.6 Å². The fourth-order valence-electron chi connectivity index (χ4n) is 1.75. The standard InChI is InChI=1S/C14H20N2O3/c1-3-16(9-10-17)14(19)13(18)15-11(2)12-7-5-4-6-8-12/h4-8,11,17H,3,9-10H2,1-2H3,(H,15,18). The molecule has 19 heavy (non-hydrogen) atoms. The zero-order chi connectivity index (χ0) is 14.3. The van der Waals surface area contributed by atoms with Gasteiger partial charge in [-0.2, -0.15) is 0 Å². The second kappa shape index (κ2) is 7.53. The highest BCUT2D eigenvalue weighted by molar-refractivity contribution is 6.35. The number of aliphatic hydroxyl groups excluding tert-OH is 1. The van der Waals surface area contributed by atoms with Crippen LogP contribution in [0.1, 0.15) is 25.5 Å². The molecule has 0 aromatic heterocycles. The molecule has 0 aliphatic carbocycles. The molecule has 0 saturated heterocycles. The van der Waals surface area contributed by atoms with Crippen molar-refractivity contribution in [2.75, 3.05) is 19.7 Å². The number of hydrogen-bond donors (Lipinski definition) is 2. The van der Waals surface area contributed by atoms with Gasteiger partial charge in [-0.1, -0.05) is 30.3 Å². The molecule has 1 atom stereocenters. The summed E-state index contributed by atoms with van der Waals surface area (Å²) in [5.74, 6) is -1.26. The van der Waals surface area contributed by atoms with E-state index in [1.165, 1.54) is 4.90 Å². The Balaban J connectivity index is 2.61. The van der Waals surface area contributed by atoms with Gasteiger partial charge < -0.3 is 15.3 Å². The monoisotopic (exact) mass is 264 g/mol.